The third-order valence-electron chi connectivity index (χ3n) is 4.68. The molecule has 3 rings (SSSR count). The number of rotatable bonds is 8. The monoisotopic (exact) mass is 352 g/mol. The third-order valence-corrected chi connectivity index (χ3v) is 4.68. The van der Waals surface area contributed by atoms with E-state index in [4.69, 9.17) is 11.5 Å². The maximum Gasteiger partial charge on any atom is 0.146 e. The van der Waals surface area contributed by atoms with Crippen LogP contribution in [-0.4, -0.2) is 29.2 Å². The van der Waals surface area contributed by atoms with Crippen LogP contribution in [0.4, 0.5) is 0 Å². The van der Waals surface area contributed by atoms with Crippen molar-refractivity contribution < 1.29 is 5.11 Å². The van der Waals surface area contributed by atoms with Gasteiger partial charge in [0.25, 0.3) is 0 Å². The first-order valence-electron chi connectivity index (χ1n) is 9.13. The summed E-state index contributed by atoms with van der Waals surface area (Å²) in [6, 6.07) is 16.7. The number of aromatic nitrogens is 1. The molecule has 0 fully saturated rings. The van der Waals surface area contributed by atoms with Gasteiger partial charge < -0.3 is 21.6 Å². The van der Waals surface area contributed by atoms with E-state index < -0.39 is 6.23 Å². The Bertz CT molecular complexity index is 841. The third kappa shape index (κ3) is 4.51. The molecule has 0 radical (unpaired) electrons. The number of aryl methyl sites for hydroxylation is 1. The van der Waals surface area contributed by atoms with Gasteiger partial charge in [0.15, 0.2) is 0 Å². The topological polar surface area (TPSA) is 100 Å². The van der Waals surface area contributed by atoms with Crippen LogP contribution >= 0.6 is 0 Å². The fourth-order valence-electron chi connectivity index (χ4n) is 3.08. The fraction of sp³-hybridized carbons (Fsp3) is 0.333. The number of fused-ring (bicyclic) bond motifs is 1. The van der Waals surface area contributed by atoms with E-state index in [-0.39, 0.29) is 6.04 Å². The molecular formula is C21H28N4O. The van der Waals surface area contributed by atoms with E-state index in [1.165, 1.54) is 11.1 Å². The summed E-state index contributed by atoms with van der Waals surface area (Å²) < 4.78 is 0. The smallest absolute Gasteiger partial charge is 0.146 e. The van der Waals surface area contributed by atoms with Crippen molar-refractivity contribution in [1.82, 2.24) is 10.3 Å². The molecule has 1 unspecified atom stereocenters. The predicted octanol–water partition coefficient (Wildman–Crippen LogP) is 2.79. The van der Waals surface area contributed by atoms with E-state index in [1.54, 1.807) is 0 Å². The highest BCUT2D eigenvalue weighted by Crippen LogP contribution is 2.26. The molecule has 7 N–H and O–H groups in total. The lowest BCUT2D eigenvalue weighted by Gasteiger charge is -2.15. The first-order valence-corrected chi connectivity index (χ1v) is 9.13. The molecule has 5 heteroatoms. The Kier molecular flexibility index (Phi) is 6.06. The van der Waals surface area contributed by atoms with Gasteiger partial charge in [-0.3, -0.25) is 5.32 Å². The number of benzene rings is 2. The van der Waals surface area contributed by atoms with Crippen molar-refractivity contribution in [1.29, 1.82) is 0 Å². The minimum Gasteiger partial charge on any atom is -0.373 e. The van der Waals surface area contributed by atoms with Gasteiger partial charge in [-0.2, -0.15) is 0 Å². The largest absolute Gasteiger partial charge is 0.373 e. The van der Waals surface area contributed by atoms with Gasteiger partial charge in [-0.25, -0.2) is 0 Å². The van der Waals surface area contributed by atoms with Crippen molar-refractivity contribution in [3.63, 3.8) is 0 Å². The summed E-state index contributed by atoms with van der Waals surface area (Å²) in [6.07, 6.45) is 0.977. The Balaban J connectivity index is 1.71. The van der Waals surface area contributed by atoms with Crippen LogP contribution in [0.25, 0.3) is 22.0 Å². The van der Waals surface area contributed by atoms with E-state index in [9.17, 15) is 5.11 Å². The number of aromatic amines is 1. The van der Waals surface area contributed by atoms with Crippen molar-refractivity contribution in [3.8, 4) is 11.1 Å². The molecule has 1 heterocycles. The van der Waals surface area contributed by atoms with Gasteiger partial charge in [0.2, 0.25) is 0 Å². The lowest BCUT2D eigenvalue weighted by molar-refractivity contribution is 0.133. The zero-order valence-electron chi connectivity index (χ0n) is 15.2. The van der Waals surface area contributed by atoms with Gasteiger partial charge in [0, 0.05) is 18.1 Å². The maximum absolute atomic E-state index is 10.4. The number of nitrogens with two attached hydrogens (primary N) is 2. The molecule has 138 valence electrons. The van der Waals surface area contributed by atoms with Crippen molar-refractivity contribution in [2.24, 2.45) is 11.5 Å². The van der Waals surface area contributed by atoms with Crippen LogP contribution in [0.1, 0.15) is 30.3 Å². The average Bonchev–Trinajstić information content (AvgIpc) is 3.08. The summed E-state index contributed by atoms with van der Waals surface area (Å²) in [7, 11) is 0. The minimum absolute atomic E-state index is 0.00859. The molecule has 0 spiro atoms. The average molecular weight is 352 g/mol. The zero-order valence-corrected chi connectivity index (χ0v) is 15.2. The number of hydrogen-bond acceptors (Lipinski definition) is 4. The second kappa shape index (κ2) is 8.47. The molecule has 0 aliphatic rings. The molecule has 0 bridgehead atoms. The molecule has 2 aromatic carbocycles. The summed E-state index contributed by atoms with van der Waals surface area (Å²) in [5.74, 6) is 0. The van der Waals surface area contributed by atoms with E-state index >= 15 is 0 Å². The highest BCUT2D eigenvalue weighted by atomic mass is 16.3. The minimum atomic E-state index is -0.769. The molecule has 26 heavy (non-hydrogen) atoms. The van der Waals surface area contributed by atoms with Crippen molar-refractivity contribution in [3.05, 3.63) is 59.8 Å². The molecule has 3 aromatic rings. The maximum atomic E-state index is 10.4. The Labute approximate surface area is 154 Å². The summed E-state index contributed by atoms with van der Waals surface area (Å²) in [4.78, 5) is 3.31. The number of nitrogens with one attached hydrogen (secondary N) is 2. The lowest BCUT2D eigenvalue weighted by atomic mass is 10.0. The van der Waals surface area contributed by atoms with Gasteiger partial charge in [0.05, 0.1) is 5.69 Å². The summed E-state index contributed by atoms with van der Waals surface area (Å²) >= 11 is 0. The van der Waals surface area contributed by atoms with Gasteiger partial charge in [-0.15, -0.1) is 0 Å². The first kappa shape index (κ1) is 18.6. The highest BCUT2D eigenvalue weighted by Gasteiger charge is 2.12. The normalized spacial score (nSPS) is 13.8. The molecule has 0 aliphatic carbocycles. The van der Waals surface area contributed by atoms with Gasteiger partial charge in [-0.05, 0) is 55.0 Å². The number of H-pyrrole nitrogens is 1. The van der Waals surface area contributed by atoms with E-state index in [0.717, 1.165) is 35.0 Å². The summed E-state index contributed by atoms with van der Waals surface area (Å²) in [6.45, 7) is 3.27. The van der Waals surface area contributed by atoms with E-state index in [2.05, 4.69) is 59.7 Å². The standard InChI is InChI=1S/C21H28N4O/c1-14-4-6-15(7-5-14)16-8-9-17-12-20(25-19(17)11-16)21(26)24-13-18(23)3-2-10-22/h4-9,11-12,18,21,24-26H,2-3,10,13,22-23H2,1H3/t18-,21?/m0/s1. The van der Waals surface area contributed by atoms with Gasteiger partial charge in [-0.1, -0.05) is 42.0 Å². The SMILES string of the molecule is Cc1ccc(-c2ccc3cc(C(O)NC[C@@H](N)CCCN)[nH]c3c2)cc1. The van der Waals surface area contributed by atoms with Gasteiger partial charge >= 0.3 is 0 Å². The van der Waals surface area contributed by atoms with E-state index in [1.807, 2.05) is 6.07 Å². The van der Waals surface area contributed by atoms with Crippen LogP contribution in [0, 0.1) is 6.92 Å². The molecule has 2 atom stereocenters. The Morgan fingerprint density at radius 2 is 1.81 bits per heavy atom. The van der Waals surface area contributed by atoms with Crippen molar-refractivity contribution in [2.75, 3.05) is 13.1 Å². The van der Waals surface area contributed by atoms with E-state index in [0.29, 0.717) is 13.1 Å². The van der Waals surface area contributed by atoms with Crippen LogP contribution in [-0.2, 0) is 0 Å². The zero-order chi connectivity index (χ0) is 18.5. The number of hydrogen-bond donors (Lipinski definition) is 5. The number of aliphatic hydroxyl groups is 1. The van der Waals surface area contributed by atoms with Crippen molar-refractivity contribution >= 4 is 10.9 Å². The molecule has 0 saturated heterocycles. The molecular weight excluding hydrogens is 324 g/mol. The quantitative estimate of drug-likeness (QED) is 0.402. The molecule has 1 aromatic heterocycles. The molecule has 0 aliphatic heterocycles. The van der Waals surface area contributed by atoms with Crippen LogP contribution in [0.3, 0.4) is 0 Å². The molecule has 0 amide bonds. The fourth-order valence-corrected chi connectivity index (χ4v) is 3.08. The molecule has 0 saturated carbocycles. The Hall–Kier alpha value is -2.18. The highest BCUT2D eigenvalue weighted by molar-refractivity contribution is 5.85. The second-order valence-electron chi connectivity index (χ2n) is 6.89. The van der Waals surface area contributed by atoms with Gasteiger partial charge in [0.1, 0.15) is 6.23 Å². The first-order chi connectivity index (χ1) is 12.6. The van der Waals surface area contributed by atoms with Crippen LogP contribution in [0.2, 0.25) is 0 Å². The summed E-state index contributed by atoms with van der Waals surface area (Å²) in [5.41, 5.74) is 16.8. The Morgan fingerprint density at radius 3 is 2.54 bits per heavy atom. The Morgan fingerprint density at radius 1 is 1.08 bits per heavy atom. The van der Waals surface area contributed by atoms with Crippen LogP contribution in [0.15, 0.2) is 48.5 Å². The number of aliphatic hydroxyl groups excluding tert-OH is 1. The van der Waals surface area contributed by atoms with Crippen LogP contribution < -0.4 is 16.8 Å². The predicted molar refractivity (Wildman–Crippen MR) is 108 cm³/mol. The second-order valence-corrected chi connectivity index (χ2v) is 6.89. The van der Waals surface area contributed by atoms with Crippen LogP contribution in [0.5, 0.6) is 0 Å². The lowest BCUT2D eigenvalue weighted by Crippen LogP contribution is -2.36. The summed E-state index contributed by atoms with van der Waals surface area (Å²) in [5, 5.41) is 14.5. The van der Waals surface area contributed by atoms with Crippen molar-refractivity contribution in [2.45, 2.75) is 32.0 Å². The molecule has 5 nitrogen and oxygen atoms in total.